The summed E-state index contributed by atoms with van der Waals surface area (Å²) in [6.07, 6.45) is 11.4. The van der Waals surface area contributed by atoms with Crippen molar-refractivity contribution in [3.8, 4) is 0 Å². The Morgan fingerprint density at radius 1 is 0.917 bits per heavy atom. The van der Waals surface area contributed by atoms with Crippen LogP contribution >= 0.6 is 22.6 Å². The standard InChI is InChI=1S/C11H23I/c1-3-5-6-7-8-9-10-11(12)4-2/h11H,3-10H2,1-2H3. The molecule has 1 atom stereocenters. The number of hydrogen-bond donors (Lipinski definition) is 0. The lowest BCUT2D eigenvalue weighted by atomic mass is 10.1. The molecule has 0 nitrogen and oxygen atoms in total. The summed E-state index contributed by atoms with van der Waals surface area (Å²) in [5, 5.41) is 0. The second-order valence-electron chi connectivity index (χ2n) is 3.56. The highest BCUT2D eigenvalue weighted by molar-refractivity contribution is 14.1. The molecule has 74 valence electrons. The highest BCUT2D eigenvalue weighted by atomic mass is 127. The lowest BCUT2D eigenvalue weighted by Gasteiger charge is -2.05. The summed E-state index contributed by atoms with van der Waals surface area (Å²) < 4.78 is 0.925. The fourth-order valence-electron chi connectivity index (χ4n) is 1.35. The largest absolute Gasteiger partial charge is 0.0826 e. The van der Waals surface area contributed by atoms with Crippen molar-refractivity contribution in [3.05, 3.63) is 0 Å². The van der Waals surface area contributed by atoms with Crippen molar-refractivity contribution in [3.63, 3.8) is 0 Å². The van der Waals surface area contributed by atoms with E-state index in [1.165, 1.54) is 51.4 Å². The fourth-order valence-corrected chi connectivity index (χ4v) is 1.79. The van der Waals surface area contributed by atoms with Crippen LogP contribution in [0.1, 0.15) is 65.2 Å². The molecule has 0 bridgehead atoms. The second-order valence-corrected chi connectivity index (χ2v) is 5.32. The fraction of sp³-hybridized carbons (Fsp3) is 1.00. The van der Waals surface area contributed by atoms with E-state index in [4.69, 9.17) is 0 Å². The molecule has 0 saturated carbocycles. The Morgan fingerprint density at radius 2 is 1.50 bits per heavy atom. The smallest absolute Gasteiger partial charge is 0.0107 e. The number of rotatable bonds is 8. The summed E-state index contributed by atoms with van der Waals surface area (Å²) in [5.41, 5.74) is 0. The van der Waals surface area contributed by atoms with Gasteiger partial charge in [0, 0.05) is 3.92 Å². The maximum Gasteiger partial charge on any atom is 0.0107 e. The van der Waals surface area contributed by atoms with E-state index in [0.717, 1.165) is 3.92 Å². The summed E-state index contributed by atoms with van der Waals surface area (Å²) in [7, 11) is 0. The third kappa shape index (κ3) is 8.82. The molecule has 0 aromatic rings. The summed E-state index contributed by atoms with van der Waals surface area (Å²) in [5.74, 6) is 0. The molecule has 0 radical (unpaired) electrons. The Kier molecular flexibility index (Phi) is 10.4. The number of hydrogen-bond acceptors (Lipinski definition) is 0. The van der Waals surface area contributed by atoms with Gasteiger partial charge in [-0.15, -0.1) is 0 Å². The van der Waals surface area contributed by atoms with Crippen molar-refractivity contribution in [1.82, 2.24) is 0 Å². The molecule has 0 aliphatic carbocycles. The van der Waals surface area contributed by atoms with E-state index >= 15 is 0 Å². The van der Waals surface area contributed by atoms with Crippen LogP contribution in [0.15, 0.2) is 0 Å². The van der Waals surface area contributed by atoms with E-state index in [2.05, 4.69) is 36.4 Å². The van der Waals surface area contributed by atoms with Gasteiger partial charge in [-0.3, -0.25) is 0 Å². The van der Waals surface area contributed by atoms with Crippen LogP contribution in [0.2, 0.25) is 0 Å². The van der Waals surface area contributed by atoms with Gasteiger partial charge in [-0.05, 0) is 12.8 Å². The molecule has 0 aliphatic heterocycles. The summed E-state index contributed by atoms with van der Waals surface area (Å²) >= 11 is 2.57. The lowest BCUT2D eigenvalue weighted by Crippen LogP contribution is -1.93. The van der Waals surface area contributed by atoms with Gasteiger partial charge in [0.2, 0.25) is 0 Å². The van der Waals surface area contributed by atoms with Gasteiger partial charge < -0.3 is 0 Å². The summed E-state index contributed by atoms with van der Waals surface area (Å²) in [4.78, 5) is 0. The molecule has 0 amide bonds. The van der Waals surface area contributed by atoms with Crippen molar-refractivity contribution in [2.75, 3.05) is 0 Å². The third-order valence-corrected chi connectivity index (χ3v) is 3.82. The molecule has 0 fully saturated rings. The van der Waals surface area contributed by atoms with Crippen LogP contribution in [0.3, 0.4) is 0 Å². The highest BCUT2D eigenvalue weighted by Gasteiger charge is 1.98. The first-order chi connectivity index (χ1) is 5.81. The minimum atomic E-state index is 0.925. The topological polar surface area (TPSA) is 0 Å². The molecule has 0 N–H and O–H groups in total. The number of alkyl halides is 1. The van der Waals surface area contributed by atoms with Crippen LogP contribution in [0, 0.1) is 0 Å². The van der Waals surface area contributed by atoms with Gasteiger partial charge >= 0.3 is 0 Å². The Morgan fingerprint density at radius 3 is 2.08 bits per heavy atom. The Bertz CT molecular complexity index is 81.1. The van der Waals surface area contributed by atoms with Crippen molar-refractivity contribution in [1.29, 1.82) is 0 Å². The number of unbranched alkanes of at least 4 members (excludes halogenated alkanes) is 5. The van der Waals surface area contributed by atoms with Gasteiger partial charge in [0.15, 0.2) is 0 Å². The average Bonchev–Trinajstić information content (AvgIpc) is 2.10. The van der Waals surface area contributed by atoms with Crippen LogP contribution in [0.5, 0.6) is 0 Å². The normalized spacial score (nSPS) is 13.2. The molecular formula is C11H23I. The van der Waals surface area contributed by atoms with E-state index in [1.807, 2.05) is 0 Å². The first-order valence-electron chi connectivity index (χ1n) is 5.45. The van der Waals surface area contributed by atoms with Crippen molar-refractivity contribution >= 4 is 22.6 Å². The monoisotopic (exact) mass is 282 g/mol. The van der Waals surface area contributed by atoms with Gasteiger partial charge in [-0.1, -0.05) is 75.0 Å². The molecule has 0 heterocycles. The molecule has 1 heteroatoms. The molecule has 0 saturated heterocycles. The molecule has 0 aromatic carbocycles. The van der Waals surface area contributed by atoms with Gasteiger partial charge in [0.05, 0.1) is 0 Å². The minimum absolute atomic E-state index is 0.925. The predicted molar refractivity (Wildman–Crippen MR) is 66.1 cm³/mol. The van der Waals surface area contributed by atoms with E-state index in [-0.39, 0.29) is 0 Å². The summed E-state index contributed by atoms with van der Waals surface area (Å²) in [6.45, 7) is 4.56. The van der Waals surface area contributed by atoms with Gasteiger partial charge in [0.25, 0.3) is 0 Å². The third-order valence-electron chi connectivity index (χ3n) is 2.31. The van der Waals surface area contributed by atoms with Crippen LogP contribution in [-0.4, -0.2) is 3.92 Å². The van der Waals surface area contributed by atoms with E-state index in [0.29, 0.717) is 0 Å². The zero-order valence-electron chi connectivity index (χ0n) is 8.61. The SMILES string of the molecule is CCCCCCCCC(I)CC. The Balaban J connectivity index is 2.90. The van der Waals surface area contributed by atoms with Gasteiger partial charge in [-0.25, -0.2) is 0 Å². The van der Waals surface area contributed by atoms with Crippen molar-refractivity contribution in [2.45, 2.75) is 69.1 Å². The van der Waals surface area contributed by atoms with Crippen LogP contribution in [0.25, 0.3) is 0 Å². The molecule has 12 heavy (non-hydrogen) atoms. The van der Waals surface area contributed by atoms with Crippen LogP contribution < -0.4 is 0 Å². The molecule has 0 rings (SSSR count). The first kappa shape index (κ1) is 12.7. The maximum atomic E-state index is 2.57. The molecule has 0 aliphatic rings. The van der Waals surface area contributed by atoms with Gasteiger partial charge in [-0.2, -0.15) is 0 Å². The molecule has 0 aromatic heterocycles. The van der Waals surface area contributed by atoms with E-state index < -0.39 is 0 Å². The molecular weight excluding hydrogens is 259 g/mol. The molecule has 0 spiro atoms. The van der Waals surface area contributed by atoms with Crippen LogP contribution in [0.4, 0.5) is 0 Å². The Labute approximate surface area is 91.7 Å². The van der Waals surface area contributed by atoms with Crippen molar-refractivity contribution < 1.29 is 0 Å². The predicted octanol–water partition coefficient (Wildman–Crippen LogP) is 4.95. The van der Waals surface area contributed by atoms with Crippen molar-refractivity contribution in [2.24, 2.45) is 0 Å². The quantitative estimate of drug-likeness (QED) is 0.335. The molecule has 1 unspecified atom stereocenters. The van der Waals surface area contributed by atoms with Gasteiger partial charge in [0.1, 0.15) is 0 Å². The van der Waals surface area contributed by atoms with E-state index in [9.17, 15) is 0 Å². The van der Waals surface area contributed by atoms with Crippen LogP contribution in [-0.2, 0) is 0 Å². The van der Waals surface area contributed by atoms with E-state index in [1.54, 1.807) is 0 Å². The minimum Gasteiger partial charge on any atom is -0.0826 e. The average molecular weight is 282 g/mol. The zero-order valence-corrected chi connectivity index (χ0v) is 10.8. The lowest BCUT2D eigenvalue weighted by molar-refractivity contribution is 0.583. The second kappa shape index (κ2) is 9.82. The number of halogens is 1. The Hall–Kier alpha value is 0.730. The zero-order chi connectivity index (χ0) is 9.23. The summed E-state index contributed by atoms with van der Waals surface area (Å²) in [6, 6.07) is 0. The highest BCUT2D eigenvalue weighted by Crippen LogP contribution is 2.15. The first-order valence-corrected chi connectivity index (χ1v) is 6.69. The maximum absolute atomic E-state index is 2.57.